The van der Waals surface area contributed by atoms with E-state index in [1.54, 1.807) is 0 Å². The Morgan fingerprint density at radius 1 is 0.271 bits per heavy atom. The standard InChI is InChI=1S/C55H34N4/c56-35-44-51(36-19-3-1-4-20-36)54(58-47-31-15-9-25-40(47)41-26-10-16-32-48(41)58)55(59-49-33-17-11-27-42(49)43-28-12-18-34-50(43)59)52(37-21-5-2-6-22-37)53(44)57-45-29-13-7-23-38(45)39-24-8-14-30-46(39)57/h1-34H. The zero-order chi connectivity index (χ0) is 39.0. The van der Waals surface area contributed by atoms with Crippen molar-refractivity contribution in [3.63, 3.8) is 0 Å². The van der Waals surface area contributed by atoms with Gasteiger partial charge in [-0.3, -0.25) is 0 Å². The lowest BCUT2D eigenvalue weighted by molar-refractivity contribution is 1.08. The Labute approximate surface area is 340 Å². The second-order valence-corrected chi connectivity index (χ2v) is 15.1. The largest absolute Gasteiger partial charge is 0.307 e. The predicted octanol–water partition coefficient (Wildman–Crippen LogP) is 14.2. The van der Waals surface area contributed by atoms with Crippen molar-refractivity contribution in [2.45, 2.75) is 0 Å². The maximum atomic E-state index is 12.0. The average Bonchev–Trinajstić information content (AvgIpc) is 3.94. The van der Waals surface area contributed by atoms with E-state index in [1.807, 2.05) is 0 Å². The van der Waals surface area contributed by atoms with Crippen LogP contribution in [-0.4, -0.2) is 13.7 Å². The van der Waals surface area contributed by atoms with Gasteiger partial charge in [0.1, 0.15) is 6.07 Å². The second-order valence-electron chi connectivity index (χ2n) is 15.1. The van der Waals surface area contributed by atoms with Crippen LogP contribution in [0.15, 0.2) is 206 Å². The topological polar surface area (TPSA) is 38.6 Å². The van der Waals surface area contributed by atoms with Crippen LogP contribution in [0.2, 0.25) is 0 Å². The minimum absolute atomic E-state index is 0.600. The number of hydrogen-bond acceptors (Lipinski definition) is 1. The molecule has 3 heterocycles. The molecule has 4 nitrogen and oxygen atoms in total. The van der Waals surface area contributed by atoms with E-state index in [-0.39, 0.29) is 0 Å². The molecule has 12 rings (SSSR count). The van der Waals surface area contributed by atoms with Crippen molar-refractivity contribution < 1.29 is 0 Å². The lowest BCUT2D eigenvalue weighted by Crippen LogP contribution is -2.13. The van der Waals surface area contributed by atoms with Gasteiger partial charge in [0, 0.05) is 43.4 Å². The van der Waals surface area contributed by atoms with Crippen LogP contribution in [0.4, 0.5) is 0 Å². The SMILES string of the molecule is N#Cc1c(-c2ccccc2)c(-n2c3ccccc3c3ccccc32)c(-n2c3ccccc3c3ccccc32)c(-c2ccccc2)c1-n1c2ccccc2c2ccccc21. The van der Waals surface area contributed by atoms with Crippen LogP contribution in [0.5, 0.6) is 0 Å². The van der Waals surface area contributed by atoms with E-state index in [1.165, 1.54) is 10.8 Å². The van der Waals surface area contributed by atoms with Crippen LogP contribution >= 0.6 is 0 Å². The van der Waals surface area contributed by atoms with Crippen LogP contribution in [-0.2, 0) is 0 Å². The van der Waals surface area contributed by atoms with Gasteiger partial charge in [0.05, 0.1) is 55.7 Å². The first-order valence-corrected chi connectivity index (χ1v) is 20.0. The zero-order valence-electron chi connectivity index (χ0n) is 31.9. The Morgan fingerprint density at radius 3 is 0.847 bits per heavy atom. The summed E-state index contributed by atoms with van der Waals surface area (Å²) in [4.78, 5) is 0. The van der Waals surface area contributed by atoms with Crippen molar-refractivity contribution in [1.29, 1.82) is 5.26 Å². The van der Waals surface area contributed by atoms with Gasteiger partial charge in [-0.2, -0.15) is 5.26 Å². The Morgan fingerprint density at radius 2 is 0.525 bits per heavy atom. The van der Waals surface area contributed by atoms with E-state index in [0.717, 1.165) is 94.0 Å². The maximum Gasteiger partial charge on any atom is 0.102 e. The molecule has 0 saturated heterocycles. The zero-order valence-corrected chi connectivity index (χ0v) is 31.9. The molecule has 0 amide bonds. The highest BCUT2D eigenvalue weighted by molar-refractivity contribution is 6.16. The van der Waals surface area contributed by atoms with Gasteiger partial charge in [-0.25, -0.2) is 0 Å². The molecule has 9 aromatic carbocycles. The van der Waals surface area contributed by atoms with Crippen LogP contribution in [0.25, 0.3) is 105 Å². The molecule has 0 saturated carbocycles. The van der Waals surface area contributed by atoms with Crippen molar-refractivity contribution in [2.24, 2.45) is 0 Å². The summed E-state index contributed by atoms with van der Waals surface area (Å²) in [5, 5.41) is 18.9. The highest BCUT2D eigenvalue weighted by atomic mass is 15.1. The van der Waals surface area contributed by atoms with Gasteiger partial charge in [-0.15, -0.1) is 0 Å². The van der Waals surface area contributed by atoms with Crippen LogP contribution in [0, 0.1) is 11.3 Å². The van der Waals surface area contributed by atoms with Crippen molar-refractivity contribution in [1.82, 2.24) is 13.7 Å². The third-order valence-electron chi connectivity index (χ3n) is 12.1. The van der Waals surface area contributed by atoms with E-state index in [2.05, 4.69) is 226 Å². The summed E-state index contributed by atoms with van der Waals surface area (Å²) >= 11 is 0. The van der Waals surface area contributed by atoms with Gasteiger partial charge in [0.2, 0.25) is 0 Å². The summed E-state index contributed by atoms with van der Waals surface area (Å²) in [5.41, 5.74) is 13.6. The maximum absolute atomic E-state index is 12.0. The monoisotopic (exact) mass is 750 g/mol. The number of nitrogens with zero attached hydrogens (tertiary/aromatic N) is 4. The first-order valence-electron chi connectivity index (χ1n) is 20.0. The minimum atomic E-state index is 0.600. The first kappa shape index (κ1) is 33.1. The minimum Gasteiger partial charge on any atom is -0.307 e. The molecule has 0 spiro atoms. The lowest BCUT2D eigenvalue weighted by Gasteiger charge is -2.28. The number of nitriles is 1. The third-order valence-corrected chi connectivity index (χ3v) is 12.1. The second kappa shape index (κ2) is 13.0. The molecule has 3 aromatic heterocycles. The number of aromatic nitrogens is 3. The highest BCUT2D eigenvalue weighted by Crippen LogP contribution is 2.51. The fourth-order valence-corrected chi connectivity index (χ4v) is 9.73. The van der Waals surface area contributed by atoms with Crippen molar-refractivity contribution >= 4 is 65.4 Å². The Hall–Kier alpha value is -8.13. The number of para-hydroxylation sites is 6. The van der Waals surface area contributed by atoms with Crippen molar-refractivity contribution in [2.75, 3.05) is 0 Å². The van der Waals surface area contributed by atoms with Gasteiger partial charge in [-0.05, 0) is 47.5 Å². The molecular weight excluding hydrogens is 717 g/mol. The lowest BCUT2D eigenvalue weighted by atomic mass is 9.88. The summed E-state index contributed by atoms with van der Waals surface area (Å²) in [6.45, 7) is 0. The summed E-state index contributed by atoms with van der Waals surface area (Å²) in [5.74, 6) is 0. The first-order chi connectivity index (χ1) is 29.3. The summed E-state index contributed by atoms with van der Waals surface area (Å²) in [6, 6.07) is 76.1. The highest BCUT2D eigenvalue weighted by Gasteiger charge is 2.33. The predicted molar refractivity (Wildman–Crippen MR) is 245 cm³/mol. The Bertz CT molecular complexity index is 3510. The molecule has 0 aliphatic rings. The molecular formula is C55H34N4. The fourth-order valence-electron chi connectivity index (χ4n) is 9.73. The van der Waals surface area contributed by atoms with Crippen molar-refractivity contribution in [3.05, 3.63) is 212 Å². The molecule has 4 heteroatoms. The van der Waals surface area contributed by atoms with Gasteiger partial charge in [0.15, 0.2) is 0 Å². The molecule has 0 radical (unpaired) electrons. The molecule has 0 aliphatic heterocycles. The van der Waals surface area contributed by atoms with Crippen LogP contribution < -0.4 is 0 Å². The Balaban J connectivity index is 1.46. The van der Waals surface area contributed by atoms with Crippen LogP contribution in [0.1, 0.15) is 5.56 Å². The van der Waals surface area contributed by atoms with Gasteiger partial charge in [-0.1, -0.05) is 170 Å². The van der Waals surface area contributed by atoms with E-state index < -0.39 is 0 Å². The summed E-state index contributed by atoms with van der Waals surface area (Å²) in [7, 11) is 0. The van der Waals surface area contributed by atoms with Crippen molar-refractivity contribution in [3.8, 4) is 45.4 Å². The molecule has 12 aromatic rings. The van der Waals surface area contributed by atoms with E-state index in [4.69, 9.17) is 0 Å². The van der Waals surface area contributed by atoms with E-state index in [0.29, 0.717) is 5.56 Å². The molecule has 0 bridgehead atoms. The molecule has 0 N–H and O–H groups in total. The number of fused-ring (bicyclic) bond motifs is 9. The van der Waals surface area contributed by atoms with Crippen LogP contribution in [0.3, 0.4) is 0 Å². The third kappa shape index (κ3) is 4.70. The quantitative estimate of drug-likeness (QED) is 0.173. The Kier molecular flexibility index (Phi) is 7.26. The molecule has 0 atom stereocenters. The number of rotatable bonds is 5. The smallest absolute Gasteiger partial charge is 0.102 e. The summed E-state index contributed by atoms with van der Waals surface area (Å²) < 4.78 is 7.25. The molecule has 0 fully saturated rings. The fraction of sp³-hybridized carbons (Fsp3) is 0. The molecule has 0 aliphatic carbocycles. The van der Waals surface area contributed by atoms with E-state index >= 15 is 0 Å². The molecule has 0 unspecified atom stereocenters. The van der Waals surface area contributed by atoms with E-state index in [9.17, 15) is 5.26 Å². The molecule has 274 valence electrons. The average molecular weight is 751 g/mol. The van der Waals surface area contributed by atoms with Gasteiger partial charge < -0.3 is 13.7 Å². The van der Waals surface area contributed by atoms with Gasteiger partial charge >= 0.3 is 0 Å². The molecule has 59 heavy (non-hydrogen) atoms. The number of hydrogen-bond donors (Lipinski definition) is 0. The normalized spacial score (nSPS) is 11.7. The van der Waals surface area contributed by atoms with Gasteiger partial charge in [0.25, 0.3) is 0 Å². The number of benzene rings is 9. The summed E-state index contributed by atoms with van der Waals surface area (Å²) in [6.07, 6.45) is 0.